The Labute approximate surface area is 208 Å². The molecule has 0 aliphatic carbocycles. The zero-order chi connectivity index (χ0) is 25.5. The number of carboxylic acids is 1. The molecule has 0 atom stereocenters. The standard InChI is InChI=1S/C25H26N4O6S/c30-24(31)17-35-21-10-11-22(23(16-21)36(33,34)28-19-4-2-1-3-5-19)27-25(32)18-6-8-20(9-7-18)29-14-12-26-13-15-29/h1-11,16,26,28H,12-15,17H2,(H,27,32)(H,30,31). The van der Waals surface area contributed by atoms with Crippen LogP contribution in [0.25, 0.3) is 0 Å². The van der Waals surface area contributed by atoms with E-state index in [1.54, 1.807) is 42.5 Å². The lowest BCUT2D eigenvalue weighted by atomic mass is 10.1. The van der Waals surface area contributed by atoms with Crippen LogP contribution in [0.4, 0.5) is 17.1 Å². The first-order valence-electron chi connectivity index (χ1n) is 11.3. The third-order valence-electron chi connectivity index (χ3n) is 5.49. The fourth-order valence-electron chi connectivity index (χ4n) is 3.72. The van der Waals surface area contributed by atoms with Crippen LogP contribution in [0.15, 0.2) is 77.7 Å². The number of hydrogen-bond acceptors (Lipinski definition) is 7. The van der Waals surface area contributed by atoms with E-state index >= 15 is 0 Å². The second-order valence-corrected chi connectivity index (χ2v) is 9.70. The number of sulfonamides is 1. The minimum absolute atomic E-state index is 0.0253. The molecule has 3 aromatic rings. The first kappa shape index (κ1) is 25.0. The van der Waals surface area contributed by atoms with Gasteiger partial charge >= 0.3 is 5.97 Å². The van der Waals surface area contributed by atoms with Crippen molar-refractivity contribution in [3.63, 3.8) is 0 Å². The van der Waals surface area contributed by atoms with Crippen molar-refractivity contribution in [1.29, 1.82) is 0 Å². The average Bonchev–Trinajstić information content (AvgIpc) is 2.89. The van der Waals surface area contributed by atoms with Crippen LogP contribution in [0.2, 0.25) is 0 Å². The van der Waals surface area contributed by atoms with Gasteiger partial charge in [-0.2, -0.15) is 0 Å². The topological polar surface area (TPSA) is 137 Å². The van der Waals surface area contributed by atoms with Gasteiger partial charge in [-0.3, -0.25) is 9.52 Å². The van der Waals surface area contributed by atoms with Gasteiger partial charge in [0, 0.05) is 49.2 Å². The molecule has 4 N–H and O–H groups in total. The van der Waals surface area contributed by atoms with Crippen molar-refractivity contribution in [2.24, 2.45) is 0 Å². The summed E-state index contributed by atoms with van der Waals surface area (Å²) in [5.41, 5.74) is 1.72. The SMILES string of the molecule is O=C(O)COc1ccc(NC(=O)c2ccc(N3CCNCC3)cc2)c(S(=O)(=O)Nc2ccccc2)c1. The van der Waals surface area contributed by atoms with Crippen LogP contribution in [0.3, 0.4) is 0 Å². The maximum atomic E-state index is 13.2. The van der Waals surface area contributed by atoms with E-state index in [1.807, 2.05) is 12.1 Å². The normalized spacial score (nSPS) is 13.6. The van der Waals surface area contributed by atoms with Gasteiger partial charge in [0.1, 0.15) is 10.6 Å². The first-order valence-corrected chi connectivity index (χ1v) is 12.7. The Kier molecular flexibility index (Phi) is 7.71. The van der Waals surface area contributed by atoms with E-state index in [1.165, 1.54) is 18.2 Å². The molecule has 1 aliphatic heterocycles. The van der Waals surface area contributed by atoms with Crippen molar-refractivity contribution >= 4 is 39.0 Å². The van der Waals surface area contributed by atoms with Gasteiger partial charge in [0.25, 0.3) is 15.9 Å². The van der Waals surface area contributed by atoms with Crippen LogP contribution in [0, 0.1) is 0 Å². The third-order valence-corrected chi connectivity index (χ3v) is 6.91. The van der Waals surface area contributed by atoms with E-state index in [9.17, 15) is 18.0 Å². The minimum Gasteiger partial charge on any atom is -0.482 e. The molecule has 3 aromatic carbocycles. The van der Waals surface area contributed by atoms with E-state index in [0.29, 0.717) is 11.3 Å². The summed E-state index contributed by atoms with van der Waals surface area (Å²) < 4.78 is 34.0. The Morgan fingerprint density at radius 1 is 0.972 bits per heavy atom. The highest BCUT2D eigenvalue weighted by Gasteiger charge is 2.22. The molecule has 1 amide bonds. The highest BCUT2D eigenvalue weighted by molar-refractivity contribution is 7.92. The van der Waals surface area contributed by atoms with Crippen molar-refractivity contribution in [2.75, 3.05) is 47.7 Å². The molecule has 4 rings (SSSR count). The van der Waals surface area contributed by atoms with Gasteiger partial charge in [0.2, 0.25) is 0 Å². The summed E-state index contributed by atoms with van der Waals surface area (Å²) in [4.78, 5) is 25.8. The van der Waals surface area contributed by atoms with E-state index in [-0.39, 0.29) is 16.3 Å². The summed E-state index contributed by atoms with van der Waals surface area (Å²) in [5.74, 6) is -1.66. The highest BCUT2D eigenvalue weighted by Crippen LogP contribution is 2.29. The molecule has 11 heteroatoms. The van der Waals surface area contributed by atoms with Crippen LogP contribution in [-0.4, -0.2) is 58.2 Å². The molecule has 36 heavy (non-hydrogen) atoms. The van der Waals surface area contributed by atoms with Crippen molar-refractivity contribution in [2.45, 2.75) is 4.90 Å². The van der Waals surface area contributed by atoms with Crippen LogP contribution in [0.5, 0.6) is 5.75 Å². The zero-order valence-corrected chi connectivity index (χ0v) is 20.1. The largest absolute Gasteiger partial charge is 0.482 e. The minimum atomic E-state index is -4.16. The number of carboxylic acid groups (broad SMARTS) is 1. The van der Waals surface area contributed by atoms with Gasteiger partial charge < -0.3 is 25.4 Å². The van der Waals surface area contributed by atoms with Gasteiger partial charge in [0.15, 0.2) is 6.61 Å². The quantitative estimate of drug-likeness (QED) is 0.345. The Bertz CT molecular complexity index is 1320. The van der Waals surface area contributed by atoms with Crippen LogP contribution < -0.4 is 25.0 Å². The molecule has 1 saturated heterocycles. The Morgan fingerprint density at radius 2 is 1.67 bits per heavy atom. The van der Waals surface area contributed by atoms with Gasteiger partial charge in [-0.1, -0.05) is 18.2 Å². The lowest BCUT2D eigenvalue weighted by molar-refractivity contribution is -0.139. The summed E-state index contributed by atoms with van der Waals surface area (Å²) in [6.07, 6.45) is 0. The number of amides is 1. The van der Waals surface area contributed by atoms with E-state index in [4.69, 9.17) is 9.84 Å². The number of rotatable bonds is 9. The number of aliphatic carboxylic acids is 1. The maximum absolute atomic E-state index is 13.2. The zero-order valence-electron chi connectivity index (χ0n) is 19.3. The number of benzene rings is 3. The molecule has 0 unspecified atom stereocenters. The third kappa shape index (κ3) is 6.32. The Balaban J connectivity index is 1.58. The lowest BCUT2D eigenvalue weighted by Gasteiger charge is -2.29. The monoisotopic (exact) mass is 510 g/mol. The van der Waals surface area contributed by atoms with Crippen LogP contribution in [0.1, 0.15) is 10.4 Å². The molecule has 188 valence electrons. The summed E-state index contributed by atoms with van der Waals surface area (Å²) >= 11 is 0. The van der Waals surface area contributed by atoms with Crippen molar-refractivity contribution < 1.29 is 27.9 Å². The average molecular weight is 511 g/mol. The molecule has 0 saturated carbocycles. The summed E-state index contributed by atoms with van der Waals surface area (Å²) in [6, 6.07) is 19.3. The van der Waals surface area contributed by atoms with Crippen molar-refractivity contribution in [3.05, 3.63) is 78.4 Å². The molecule has 0 spiro atoms. The molecule has 1 heterocycles. The summed E-state index contributed by atoms with van der Waals surface area (Å²) in [6.45, 7) is 2.89. The number of hydrogen-bond donors (Lipinski definition) is 4. The molecule has 1 aliphatic rings. The highest BCUT2D eigenvalue weighted by atomic mass is 32.2. The van der Waals surface area contributed by atoms with Crippen LogP contribution in [-0.2, 0) is 14.8 Å². The number of nitrogens with one attached hydrogen (secondary N) is 3. The van der Waals surface area contributed by atoms with Crippen molar-refractivity contribution in [3.8, 4) is 5.75 Å². The lowest BCUT2D eigenvalue weighted by Crippen LogP contribution is -2.43. The number of nitrogens with zero attached hydrogens (tertiary/aromatic N) is 1. The molecular weight excluding hydrogens is 484 g/mol. The van der Waals surface area contributed by atoms with Gasteiger partial charge in [-0.05, 0) is 48.5 Å². The molecule has 0 aromatic heterocycles. The number of anilines is 3. The maximum Gasteiger partial charge on any atom is 0.341 e. The summed E-state index contributed by atoms with van der Waals surface area (Å²) in [5, 5.41) is 14.8. The molecule has 0 bridgehead atoms. The molecule has 0 radical (unpaired) electrons. The smallest absolute Gasteiger partial charge is 0.341 e. The van der Waals surface area contributed by atoms with Crippen molar-refractivity contribution in [1.82, 2.24) is 5.32 Å². The number of carbonyl (C=O) groups excluding carboxylic acids is 1. The van der Waals surface area contributed by atoms with E-state index in [2.05, 4.69) is 20.3 Å². The Morgan fingerprint density at radius 3 is 2.33 bits per heavy atom. The van der Waals surface area contributed by atoms with E-state index < -0.39 is 28.5 Å². The fourth-order valence-corrected chi connectivity index (χ4v) is 4.96. The predicted molar refractivity (Wildman–Crippen MR) is 136 cm³/mol. The van der Waals surface area contributed by atoms with Gasteiger partial charge in [0.05, 0.1) is 5.69 Å². The first-order chi connectivity index (χ1) is 17.3. The molecular formula is C25H26N4O6S. The number of para-hydroxylation sites is 1. The second-order valence-electron chi connectivity index (χ2n) is 8.05. The summed E-state index contributed by atoms with van der Waals surface area (Å²) in [7, 11) is -4.16. The fraction of sp³-hybridized carbons (Fsp3) is 0.200. The number of ether oxygens (including phenoxy) is 1. The van der Waals surface area contributed by atoms with Gasteiger partial charge in [-0.15, -0.1) is 0 Å². The number of piperazine rings is 1. The Hall–Kier alpha value is -4.09. The second kappa shape index (κ2) is 11.1. The number of carbonyl (C=O) groups is 2. The van der Waals surface area contributed by atoms with E-state index in [0.717, 1.165) is 31.9 Å². The molecule has 1 fully saturated rings. The van der Waals surface area contributed by atoms with Crippen LogP contribution >= 0.6 is 0 Å². The molecule has 10 nitrogen and oxygen atoms in total. The van der Waals surface area contributed by atoms with Gasteiger partial charge in [-0.25, -0.2) is 13.2 Å². The predicted octanol–water partition coefficient (Wildman–Crippen LogP) is 2.61.